The third kappa shape index (κ3) is 4.86. The second-order valence-electron chi connectivity index (χ2n) is 4.83. The molecule has 5 heteroatoms. The van der Waals surface area contributed by atoms with E-state index in [-0.39, 0.29) is 11.8 Å². The molecule has 0 aliphatic rings. The molecule has 4 nitrogen and oxygen atoms in total. The first kappa shape index (κ1) is 17.6. The Morgan fingerprint density at radius 3 is 2.08 bits per heavy atom. The van der Waals surface area contributed by atoms with Gasteiger partial charge in [0.2, 0.25) is 11.8 Å². The Bertz CT molecular complexity index is 706. The highest BCUT2D eigenvalue weighted by Gasteiger charge is 2.08. The van der Waals surface area contributed by atoms with Crippen molar-refractivity contribution in [2.75, 3.05) is 10.6 Å². The third-order valence-electron chi connectivity index (χ3n) is 3.17. The van der Waals surface area contributed by atoms with Crippen LogP contribution < -0.4 is 10.6 Å². The van der Waals surface area contributed by atoms with Gasteiger partial charge in [0.15, 0.2) is 0 Å². The number of thioether (sulfide) groups is 1. The van der Waals surface area contributed by atoms with Crippen LogP contribution in [-0.4, -0.2) is 11.8 Å². The maximum Gasteiger partial charge on any atom is 0.247 e. The molecule has 0 aliphatic heterocycles. The van der Waals surface area contributed by atoms with Gasteiger partial charge in [0.1, 0.15) is 0 Å². The zero-order chi connectivity index (χ0) is 17.4. The van der Waals surface area contributed by atoms with Crippen LogP contribution in [0, 0.1) is 0 Å². The normalized spacial score (nSPS) is 9.83. The van der Waals surface area contributed by atoms with Gasteiger partial charge in [-0.3, -0.25) is 9.59 Å². The van der Waals surface area contributed by atoms with Crippen LogP contribution in [0.15, 0.2) is 78.7 Å². The summed E-state index contributed by atoms with van der Waals surface area (Å²) in [5, 5.41) is 5.59. The molecule has 2 amide bonds. The second-order valence-corrected chi connectivity index (χ2v) is 5.85. The van der Waals surface area contributed by atoms with Gasteiger partial charge >= 0.3 is 0 Å². The van der Waals surface area contributed by atoms with E-state index in [0.29, 0.717) is 5.75 Å². The van der Waals surface area contributed by atoms with Crippen molar-refractivity contribution >= 4 is 35.0 Å². The minimum atomic E-state index is -0.248. The Balaban J connectivity index is 2.14. The summed E-state index contributed by atoms with van der Waals surface area (Å²) in [6.07, 6.45) is 2.48. The van der Waals surface area contributed by atoms with Gasteiger partial charge in [0, 0.05) is 16.3 Å². The van der Waals surface area contributed by atoms with E-state index < -0.39 is 0 Å². The number of carbonyl (C=O) groups excluding carboxylic acids is 2. The lowest BCUT2D eigenvalue weighted by molar-refractivity contribution is -0.112. The number of para-hydroxylation sites is 2. The average molecular weight is 338 g/mol. The van der Waals surface area contributed by atoms with Crippen LogP contribution in [0.2, 0.25) is 0 Å². The van der Waals surface area contributed by atoms with Crippen molar-refractivity contribution in [1.82, 2.24) is 0 Å². The van der Waals surface area contributed by atoms with E-state index in [9.17, 15) is 9.59 Å². The third-order valence-corrected chi connectivity index (χ3v) is 4.30. The molecule has 0 saturated heterocycles. The molecule has 0 unspecified atom stereocenters. The smallest absolute Gasteiger partial charge is 0.247 e. The number of benzene rings is 2. The lowest BCUT2D eigenvalue weighted by Gasteiger charge is -2.12. The van der Waals surface area contributed by atoms with Gasteiger partial charge in [0.05, 0.1) is 5.69 Å². The highest BCUT2D eigenvalue weighted by Crippen LogP contribution is 2.31. The molecule has 0 radical (unpaired) electrons. The van der Waals surface area contributed by atoms with E-state index in [0.717, 1.165) is 21.8 Å². The summed E-state index contributed by atoms with van der Waals surface area (Å²) in [7, 11) is 0. The predicted molar refractivity (Wildman–Crippen MR) is 100 cm³/mol. The van der Waals surface area contributed by atoms with Gasteiger partial charge in [-0.25, -0.2) is 0 Å². The molecule has 0 atom stereocenters. The molecule has 24 heavy (non-hydrogen) atoms. The first-order chi connectivity index (χ1) is 11.6. The maximum atomic E-state index is 11.5. The topological polar surface area (TPSA) is 58.2 Å². The number of anilines is 2. The van der Waals surface area contributed by atoms with Gasteiger partial charge < -0.3 is 10.6 Å². The van der Waals surface area contributed by atoms with Crippen molar-refractivity contribution in [3.8, 4) is 0 Å². The van der Waals surface area contributed by atoms with Crippen LogP contribution in [0.25, 0.3) is 0 Å². The zero-order valence-corrected chi connectivity index (χ0v) is 13.9. The van der Waals surface area contributed by atoms with Crippen molar-refractivity contribution in [1.29, 1.82) is 0 Å². The molecule has 2 aromatic rings. The molecule has 0 fully saturated rings. The maximum absolute atomic E-state index is 11.5. The lowest BCUT2D eigenvalue weighted by Crippen LogP contribution is -2.09. The molecular formula is C19H18N2O2S. The van der Waals surface area contributed by atoms with E-state index in [4.69, 9.17) is 0 Å². The van der Waals surface area contributed by atoms with E-state index in [1.165, 1.54) is 12.2 Å². The lowest BCUT2D eigenvalue weighted by atomic mass is 10.2. The van der Waals surface area contributed by atoms with Gasteiger partial charge in [-0.15, -0.1) is 11.8 Å². The summed E-state index contributed by atoms with van der Waals surface area (Å²) in [6, 6.07) is 15.1. The molecule has 2 N–H and O–H groups in total. The minimum absolute atomic E-state index is 0.244. The second kappa shape index (κ2) is 8.74. The fourth-order valence-electron chi connectivity index (χ4n) is 1.99. The molecule has 0 saturated carbocycles. The molecule has 0 heterocycles. The fraction of sp³-hybridized carbons (Fsp3) is 0.0526. The van der Waals surface area contributed by atoms with Crippen LogP contribution in [0.1, 0.15) is 5.56 Å². The molecule has 2 aromatic carbocycles. The zero-order valence-electron chi connectivity index (χ0n) is 13.1. The van der Waals surface area contributed by atoms with E-state index in [2.05, 4.69) is 23.8 Å². The molecular weight excluding hydrogens is 320 g/mol. The molecule has 0 aromatic heterocycles. The Labute approximate surface area is 145 Å². The summed E-state index contributed by atoms with van der Waals surface area (Å²) >= 11 is 1.58. The number of carbonyl (C=O) groups is 2. The highest BCUT2D eigenvalue weighted by atomic mass is 32.2. The quantitative estimate of drug-likeness (QED) is 0.587. The van der Waals surface area contributed by atoms with Gasteiger partial charge in [0.25, 0.3) is 0 Å². The number of rotatable bonds is 7. The van der Waals surface area contributed by atoms with Crippen molar-refractivity contribution < 1.29 is 9.59 Å². The number of hydrogen-bond acceptors (Lipinski definition) is 3. The van der Waals surface area contributed by atoms with Crippen molar-refractivity contribution in [3.05, 3.63) is 79.4 Å². The monoisotopic (exact) mass is 338 g/mol. The molecule has 0 spiro atoms. The SMILES string of the molecule is C=CC(=O)Nc1ccccc1CSc1ccccc1NC(=O)C=C. The molecule has 0 aliphatic carbocycles. The van der Waals surface area contributed by atoms with Crippen molar-refractivity contribution in [3.63, 3.8) is 0 Å². The van der Waals surface area contributed by atoms with E-state index in [1.54, 1.807) is 11.8 Å². The molecule has 122 valence electrons. The summed E-state index contributed by atoms with van der Waals surface area (Å²) in [5.41, 5.74) is 2.48. The van der Waals surface area contributed by atoms with Crippen molar-refractivity contribution in [2.45, 2.75) is 10.6 Å². The standard InChI is InChI=1S/C19H18N2O2S/c1-3-18(22)20-15-10-6-5-9-14(15)13-24-17-12-8-7-11-16(17)21-19(23)4-2/h3-12H,1-2,13H2,(H,20,22)(H,21,23). The largest absolute Gasteiger partial charge is 0.322 e. The Morgan fingerprint density at radius 2 is 1.42 bits per heavy atom. The van der Waals surface area contributed by atoms with Crippen LogP contribution in [0.5, 0.6) is 0 Å². The Morgan fingerprint density at radius 1 is 0.875 bits per heavy atom. The van der Waals surface area contributed by atoms with Gasteiger partial charge in [-0.1, -0.05) is 43.5 Å². The summed E-state index contributed by atoms with van der Waals surface area (Å²) in [5.74, 6) is 0.155. The number of hydrogen-bond donors (Lipinski definition) is 2. The van der Waals surface area contributed by atoms with Gasteiger partial charge in [-0.05, 0) is 35.9 Å². The van der Waals surface area contributed by atoms with Crippen LogP contribution >= 0.6 is 11.8 Å². The first-order valence-corrected chi connectivity index (χ1v) is 8.29. The van der Waals surface area contributed by atoms with E-state index in [1.807, 2.05) is 48.5 Å². The van der Waals surface area contributed by atoms with E-state index >= 15 is 0 Å². The minimum Gasteiger partial charge on any atom is -0.322 e. The Hall–Kier alpha value is -2.79. The summed E-state index contributed by atoms with van der Waals surface area (Å²) in [6.45, 7) is 6.92. The first-order valence-electron chi connectivity index (χ1n) is 7.30. The molecule has 0 bridgehead atoms. The van der Waals surface area contributed by atoms with Crippen molar-refractivity contribution in [2.24, 2.45) is 0 Å². The van der Waals surface area contributed by atoms with Crippen LogP contribution in [0.4, 0.5) is 11.4 Å². The van der Waals surface area contributed by atoms with Crippen LogP contribution in [0.3, 0.4) is 0 Å². The highest BCUT2D eigenvalue weighted by molar-refractivity contribution is 7.98. The van der Waals surface area contributed by atoms with Crippen LogP contribution in [-0.2, 0) is 15.3 Å². The molecule has 2 rings (SSSR count). The van der Waals surface area contributed by atoms with Gasteiger partial charge in [-0.2, -0.15) is 0 Å². The summed E-state index contributed by atoms with van der Waals surface area (Å²) < 4.78 is 0. The Kier molecular flexibility index (Phi) is 6.40. The predicted octanol–water partition coefficient (Wildman–Crippen LogP) is 4.23. The average Bonchev–Trinajstić information content (AvgIpc) is 2.61. The number of nitrogens with one attached hydrogen (secondary N) is 2. The summed E-state index contributed by atoms with van der Waals surface area (Å²) in [4.78, 5) is 24.0. The number of amides is 2. The fourth-order valence-corrected chi connectivity index (χ4v) is 3.00.